The second-order valence-corrected chi connectivity index (χ2v) is 4.58. The van der Waals surface area contributed by atoms with E-state index in [4.69, 9.17) is 5.11 Å². The Morgan fingerprint density at radius 2 is 1.81 bits per heavy atom. The first kappa shape index (κ1) is 15.1. The number of β-amino-alcohol motifs (C(OH)–C–C–N with tert-alkyl or cyclic N) is 1. The lowest BCUT2D eigenvalue weighted by atomic mass is 10.2. The van der Waals surface area contributed by atoms with Crippen LogP contribution < -0.4 is 5.32 Å². The quantitative estimate of drug-likeness (QED) is 0.715. The molecule has 1 aliphatic heterocycles. The van der Waals surface area contributed by atoms with Crippen LogP contribution in [0.4, 0.5) is 23.7 Å². The van der Waals surface area contributed by atoms with Gasteiger partial charge in [0.1, 0.15) is 6.04 Å². The fourth-order valence-electron chi connectivity index (χ4n) is 2.10. The monoisotopic (exact) mass is 304 g/mol. The van der Waals surface area contributed by atoms with Gasteiger partial charge in [0.25, 0.3) is 0 Å². The zero-order chi connectivity index (χ0) is 15.7. The lowest BCUT2D eigenvalue weighted by molar-refractivity contribution is -0.141. The predicted molar refractivity (Wildman–Crippen MR) is 64.1 cm³/mol. The van der Waals surface area contributed by atoms with Crippen LogP contribution in [0.3, 0.4) is 0 Å². The lowest BCUT2D eigenvalue weighted by Gasteiger charge is -2.21. The number of benzene rings is 1. The number of hydrogen-bond donors (Lipinski definition) is 3. The maximum absolute atomic E-state index is 13.0. The first-order valence-corrected chi connectivity index (χ1v) is 5.92. The first-order valence-electron chi connectivity index (χ1n) is 5.92. The molecule has 0 spiro atoms. The number of anilines is 1. The highest BCUT2D eigenvalue weighted by Gasteiger charge is 2.39. The van der Waals surface area contributed by atoms with Gasteiger partial charge in [-0.15, -0.1) is 0 Å². The molecule has 0 aromatic heterocycles. The van der Waals surface area contributed by atoms with Crippen molar-refractivity contribution in [3.63, 3.8) is 0 Å². The second kappa shape index (κ2) is 5.60. The molecule has 2 rings (SSSR count). The highest BCUT2D eigenvalue weighted by Crippen LogP contribution is 2.21. The molecule has 3 N–H and O–H groups in total. The molecule has 1 aliphatic rings. The summed E-state index contributed by atoms with van der Waals surface area (Å²) in [6.07, 6.45) is -1.15. The molecule has 1 fully saturated rings. The van der Waals surface area contributed by atoms with Crippen molar-refractivity contribution in [2.45, 2.75) is 18.6 Å². The summed E-state index contributed by atoms with van der Waals surface area (Å²) in [4.78, 5) is 23.7. The summed E-state index contributed by atoms with van der Waals surface area (Å²) in [6, 6.07) is -1.06. The van der Waals surface area contributed by atoms with Crippen LogP contribution in [-0.2, 0) is 4.79 Å². The molecule has 0 aliphatic carbocycles. The van der Waals surface area contributed by atoms with Crippen molar-refractivity contribution < 1.29 is 33.0 Å². The van der Waals surface area contributed by atoms with Crippen molar-refractivity contribution in [3.8, 4) is 0 Å². The molecule has 0 radical (unpaired) electrons. The summed E-state index contributed by atoms with van der Waals surface area (Å²) in [6.45, 7) is -0.227. The Morgan fingerprint density at radius 3 is 2.33 bits per heavy atom. The number of likely N-dealkylation sites (tertiary alicyclic amines) is 1. The number of rotatable bonds is 2. The van der Waals surface area contributed by atoms with Gasteiger partial charge in [0.05, 0.1) is 6.10 Å². The van der Waals surface area contributed by atoms with Crippen molar-refractivity contribution in [2.24, 2.45) is 0 Å². The highest BCUT2D eigenvalue weighted by molar-refractivity contribution is 5.92. The Kier molecular flexibility index (Phi) is 4.03. The van der Waals surface area contributed by atoms with Crippen LogP contribution in [-0.4, -0.2) is 45.8 Å². The van der Waals surface area contributed by atoms with E-state index in [1.54, 1.807) is 0 Å². The van der Waals surface area contributed by atoms with Gasteiger partial charge < -0.3 is 20.4 Å². The number of carbonyl (C=O) groups excluding carboxylic acids is 1. The Morgan fingerprint density at radius 1 is 1.24 bits per heavy atom. The molecule has 2 amide bonds. The van der Waals surface area contributed by atoms with E-state index in [0.29, 0.717) is 12.1 Å². The van der Waals surface area contributed by atoms with Crippen molar-refractivity contribution in [1.82, 2.24) is 4.90 Å². The van der Waals surface area contributed by atoms with Crippen molar-refractivity contribution >= 4 is 17.7 Å². The van der Waals surface area contributed by atoms with Crippen LogP contribution in [0.25, 0.3) is 0 Å². The lowest BCUT2D eigenvalue weighted by Crippen LogP contribution is -2.43. The third-order valence-electron chi connectivity index (χ3n) is 3.06. The molecule has 9 heteroatoms. The van der Waals surface area contributed by atoms with Crippen LogP contribution >= 0.6 is 0 Å². The first-order chi connectivity index (χ1) is 9.79. The minimum atomic E-state index is -1.67. The maximum Gasteiger partial charge on any atom is 0.326 e. The molecule has 0 unspecified atom stereocenters. The Labute approximate surface area is 116 Å². The van der Waals surface area contributed by atoms with Crippen LogP contribution in [0.15, 0.2) is 12.1 Å². The number of nitrogens with zero attached hydrogens (tertiary/aromatic N) is 1. The summed E-state index contributed by atoms with van der Waals surface area (Å²) in [5.41, 5.74) is -0.359. The fourth-order valence-corrected chi connectivity index (χ4v) is 2.10. The van der Waals surface area contributed by atoms with Crippen LogP contribution in [0.2, 0.25) is 0 Å². The molecular weight excluding hydrogens is 293 g/mol. The molecule has 1 aromatic carbocycles. The number of aliphatic hydroxyl groups is 1. The molecule has 0 bridgehead atoms. The Hall–Kier alpha value is -2.29. The zero-order valence-corrected chi connectivity index (χ0v) is 10.5. The number of amides is 2. The summed E-state index contributed by atoms with van der Waals surface area (Å²) in [7, 11) is 0. The molecular formula is C12H11F3N2O4. The molecule has 0 saturated carbocycles. The fraction of sp³-hybridized carbons (Fsp3) is 0.333. The Bertz CT molecular complexity index is 573. The third-order valence-corrected chi connectivity index (χ3v) is 3.06. The van der Waals surface area contributed by atoms with Gasteiger partial charge in [-0.05, 0) is 0 Å². The molecule has 114 valence electrons. The van der Waals surface area contributed by atoms with Gasteiger partial charge in [0.2, 0.25) is 0 Å². The van der Waals surface area contributed by atoms with E-state index in [1.165, 1.54) is 0 Å². The van der Waals surface area contributed by atoms with Crippen LogP contribution in [0, 0.1) is 17.5 Å². The van der Waals surface area contributed by atoms with Crippen LogP contribution in [0.5, 0.6) is 0 Å². The number of carbonyl (C=O) groups is 2. The smallest absolute Gasteiger partial charge is 0.326 e. The number of aliphatic hydroxyl groups excluding tert-OH is 1. The topological polar surface area (TPSA) is 89.9 Å². The van der Waals surface area contributed by atoms with E-state index in [1.807, 2.05) is 0 Å². The van der Waals surface area contributed by atoms with Gasteiger partial charge in [-0.3, -0.25) is 0 Å². The summed E-state index contributed by atoms with van der Waals surface area (Å²) < 4.78 is 38.8. The molecule has 6 nitrogen and oxygen atoms in total. The summed E-state index contributed by atoms with van der Waals surface area (Å²) in [5, 5.41) is 20.4. The summed E-state index contributed by atoms with van der Waals surface area (Å²) >= 11 is 0. The molecule has 1 saturated heterocycles. The van der Waals surface area contributed by atoms with E-state index in [9.17, 15) is 27.9 Å². The van der Waals surface area contributed by atoms with Gasteiger partial charge in [-0.25, -0.2) is 22.8 Å². The van der Waals surface area contributed by atoms with Gasteiger partial charge >= 0.3 is 12.0 Å². The number of nitrogens with one attached hydrogen (secondary N) is 1. The van der Waals surface area contributed by atoms with E-state index < -0.39 is 41.6 Å². The molecule has 2 atom stereocenters. The number of carboxylic acids is 1. The maximum atomic E-state index is 13.0. The standard InChI is InChI=1S/C12H11F3N2O4/c13-7-1-5(2-8(14)10(7)15)16-12(21)17-4-6(18)3-9(17)11(19)20/h1-2,6,9,18H,3-4H2,(H,16,21)(H,19,20)/t6-,9+/m1/s1. The number of hydrogen-bond acceptors (Lipinski definition) is 3. The van der Waals surface area contributed by atoms with E-state index in [2.05, 4.69) is 5.32 Å². The number of urea groups is 1. The zero-order valence-electron chi connectivity index (χ0n) is 10.5. The molecule has 21 heavy (non-hydrogen) atoms. The highest BCUT2D eigenvalue weighted by atomic mass is 19.2. The normalized spacial score (nSPS) is 21.4. The van der Waals surface area contributed by atoms with Crippen molar-refractivity contribution in [2.75, 3.05) is 11.9 Å². The average Bonchev–Trinajstić information content (AvgIpc) is 2.78. The number of halogens is 3. The van der Waals surface area contributed by atoms with E-state index >= 15 is 0 Å². The van der Waals surface area contributed by atoms with Crippen molar-refractivity contribution in [3.05, 3.63) is 29.6 Å². The minimum Gasteiger partial charge on any atom is -0.480 e. The largest absolute Gasteiger partial charge is 0.480 e. The second-order valence-electron chi connectivity index (χ2n) is 4.58. The minimum absolute atomic E-state index is 0.144. The SMILES string of the molecule is O=C(O)[C@@H]1C[C@@H](O)CN1C(=O)Nc1cc(F)c(F)c(F)c1. The van der Waals surface area contributed by atoms with Gasteiger partial charge in [-0.2, -0.15) is 0 Å². The van der Waals surface area contributed by atoms with Crippen LogP contribution in [0.1, 0.15) is 6.42 Å². The average molecular weight is 304 g/mol. The van der Waals surface area contributed by atoms with Gasteiger partial charge in [0.15, 0.2) is 17.5 Å². The Balaban J connectivity index is 2.16. The van der Waals surface area contributed by atoms with E-state index in [0.717, 1.165) is 4.90 Å². The number of carboxylic acid groups (broad SMARTS) is 1. The molecule has 1 aromatic rings. The molecule has 1 heterocycles. The third kappa shape index (κ3) is 3.07. The van der Waals surface area contributed by atoms with E-state index in [-0.39, 0.29) is 18.7 Å². The predicted octanol–water partition coefficient (Wildman–Crippen LogP) is 1.16. The summed E-state index contributed by atoms with van der Waals surface area (Å²) in [5.74, 6) is -5.95. The van der Waals surface area contributed by atoms with Gasteiger partial charge in [-0.1, -0.05) is 0 Å². The number of aliphatic carboxylic acids is 1. The van der Waals surface area contributed by atoms with Crippen molar-refractivity contribution in [1.29, 1.82) is 0 Å². The van der Waals surface area contributed by atoms with Gasteiger partial charge in [0, 0.05) is 30.8 Å².